The number of hydrogen-bond acceptors (Lipinski definition) is 6. The first-order chi connectivity index (χ1) is 17.6. The van der Waals surface area contributed by atoms with Gasteiger partial charge < -0.3 is 25.4 Å². The van der Waals surface area contributed by atoms with Crippen LogP contribution in [0.5, 0.6) is 5.75 Å². The lowest BCUT2D eigenvalue weighted by Crippen LogP contribution is -2.45. The molecular formula is C28H36N4O4. The van der Waals surface area contributed by atoms with Gasteiger partial charge in [0.15, 0.2) is 0 Å². The Labute approximate surface area is 212 Å². The van der Waals surface area contributed by atoms with Crippen molar-refractivity contribution in [2.24, 2.45) is 0 Å². The van der Waals surface area contributed by atoms with Crippen molar-refractivity contribution in [3.8, 4) is 5.75 Å². The first-order valence-electron chi connectivity index (χ1n) is 13.2. The molecule has 2 aliphatic heterocycles. The molecule has 5 rings (SSSR count). The zero-order valence-corrected chi connectivity index (χ0v) is 20.9. The Bertz CT molecular complexity index is 1030. The van der Waals surface area contributed by atoms with E-state index in [4.69, 9.17) is 9.47 Å². The summed E-state index contributed by atoms with van der Waals surface area (Å²) >= 11 is 0. The van der Waals surface area contributed by atoms with Gasteiger partial charge in [-0.3, -0.25) is 9.59 Å². The van der Waals surface area contributed by atoms with Crippen molar-refractivity contribution in [2.45, 2.75) is 75.7 Å². The summed E-state index contributed by atoms with van der Waals surface area (Å²) in [4.78, 5) is 29.7. The van der Waals surface area contributed by atoms with Crippen LogP contribution in [0, 0.1) is 0 Å². The topological polar surface area (TPSA) is 102 Å². The number of carbonyl (C=O) groups excluding carboxylic acids is 2. The molecule has 2 aromatic rings. The number of piperidine rings is 1. The predicted molar refractivity (Wildman–Crippen MR) is 136 cm³/mol. The number of aromatic nitrogens is 1. The summed E-state index contributed by atoms with van der Waals surface area (Å²) < 4.78 is 11.9. The Morgan fingerprint density at radius 2 is 1.92 bits per heavy atom. The number of ether oxygens (including phenoxy) is 2. The monoisotopic (exact) mass is 492 g/mol. The molecule has 8 nitrogen and oxygen atoms in total. The zero-order chi connectivity index (χ0) is 24.9. The molecule has 3 heterocycles. The molecule has 1 aliphatic carbocycles. The van der Waals surface area contributed by atoms with Gasteiger partial charge in [0, 0.05) is 19.2 Å². The van der Waals surface area contributed by atoms with Gasteiger partial charge in [-0.05, 0) is 81.2 Å². The normalized spacial score (nSPS) is 23.5. The predicted octanol–water partition coefficient (Wildman–Crippen LogP) is 3.24. The van der Waals surface area contributed by atoms with Crippen LogP contribution in [0.2, 0.25) is 0 Å². The summed E-state index contributed by atoms with van der Waals surface area (Å²) in [5.41, 5.74) is 2.68. The molecule has 0 radical (unpaired) electrons. The lowest BCUT2D eigenvalue weighted by atomic mass is 10.00. The summed E-state index contributed by atoms with van der Waals surface area (Å²) in [6.07, 6.45) is 6.91. The highest BCUT2D eigenvalue weighted by molar-refractivity contribution is 5.92. The van der Waals surface area contributed by atoms with E-state index < -0.39 is 12.2 Å². The fourth-order valence-corrected chi connectivity index (χ4v) is 4.98. The number of rotatable bonds is 9. The molecular weight excluding hydrogens is 456 g/mol. The Morgan fingerprint density at radius 1 is 1.08 bits per heavy atom. The van der Waals surface area contributed by atoms with Crippen LogP contribution in [0.4, 0.5) is 0 Å². The van der Waals surface area contributed by atoms with E-state index in [1.165, 1.54) is 18.4 Å². The smallest absolute Gasteiger partial charge is 0.270 e. The third-order valence-electron chi connectivity index (χ3n) is 7.22. The highest BCUT2D eigenvalue weighted by atomic mass is 16.5. The summed E-state index contributed by atoms with van der Waals surface area (Å²) in [6.45, 7) is 4.34. The number of amides is 2. The van der Waals surface area contributed by atoms with E-state index in [0.717, 1.165) is 44.3 Å². The minimum Gasteiger partial charge on any atom is -0.482 e. The van der Waals surface area contributed by atoms with Crippen molar-refractivity contribution in [1.29, 1.82) is 0 Å². The fourth-order valence-electron chi connectivity index (χ4n) is 4.98. The molecule has 3 N–H and O–H groups in total. The number of nitrogens with zero attached hydrogens (tertiary/aromatic N) is 1. The van der Waals surface area contributed by atoms with E-state index in [2.05, 4.69) is 45.2 Å². The first kappa shape index (κ1) is 24.7. The lowest BCUT2D eigenvalue weighted by Gasteiger charge is -2.27. The summed E-state index contributed by atoms with van der Waals surface area (Å²) in [5.74, 6) is 0.924. The van der Waals surface area contributed by atoms with Gasteiger partial charge in [0.2, 0.25) is 5.91 Å². The maximum absolute atomic E-state index is 12.7. The van der Waals surface area contributed by atoms with Crippen molar-refractivity contribution >= 4 is 11.8 Å². The average molecular weight is 493 g/mol. The Kier molecular flexibility index (Phi) is 7.82. The van der Waals surface area contributed by atoms with Gasteiger partial charge in [-0.2, -0.15) is 0 Å². The van der Waals surface area contributed by atoms with Gasteiger partial charge in [-0.15, -0.1) is 0 Å². The van der Waals surface area contributed by atoms with Crippen LogP contribution in [0.15, 0.2) is 42.6 Å². The van der Waals surface area contributed by atoms with Gasteiger partial charge in [-0.25, -0.2) is 4.98 Å². The van der Waals surface area contributed by atoms with Crippen LogP contribution in [0.25, 0.3) is 0 Å². The van der Waals surface area contributed by atoms with Crippen molar-refractivity contribution < 1.29 is 19.1 Å². The number of nitrogens with one attached hydrogen (secondary N) is 3. The molecule has 3 aliphatic rings. The van der Waals surface area contributed by atoms with Crippen LogP contribution >= 0.6 is 0 Å². The second-order valence-corrected chi connectivity index (χ2v) is 10.2. The second kappa shape index (κ2) is 11.4. The second-order valence-electron chi connectivity index (χ2n) is 10.2. The molecule has 36 heavy (non-hydrogen) atoms. The molecule has 0 spiro atoms. The zero-order valence-electron chi connectivity index (χ0n) is 20.9. The van der Waals surface area contributed by atoms with Crippen LogP contribution in [-0.2, 0) is 9.53 Å². The van der Waals surface area contributed by atoms with Crippen LogP contribution in [-0.4, -0.2) is 54.7 Å². The lowest BCUT2D eigenvalue weighted by molar-refractivity contribution is -0.131. The fraction of sp³-hybridized carbons (Fsp3) is 0.536. The molecule has 4 atom stereocenters. The van der Waals surface area contributed by atoms with Crippen LogP contribution in [0.3, 0.4) is 0 Å². The third kappa shape index (κ3) is 6.23. The number of pyridine rings is 1. The van der Waals surface area contributed by atoms with Gasteiger partial charge in [-0.1, -0.05) is 24.3 Å². The highest BCUT2D eigenvalue weighted by Gasteiger charge is 2.30. The van der Waals surface area contributed by atoms with E-state index >= 15 is 0 Å². The van der Waals surface area contributed by atoms with Crippen molar-refractivity contribution in [3.05, 3.63) is 59.4 Å². The van der Waals surface area contributed by atoms with Gasteiger partial charge >= 0.3 is 0 Å². The maximum atomic E-state index is 12.7. The average Bonchev–Trinajstić information content (AvgIpc) is 3.61. The number of benzene rings is 1. The number of carbonyl (C=O) groups is 2. The minimum absolute atomic E-state index is 0.106. The summed E-state index contributed by atoms with van der Waals surface area (Å²) in [5, 5.41) is 9.43. The molecule has 2 saturated heterocycles. The molecule has 2 amide bonds. The van der Waals surface area contributed by atoms with Crippen molar-refractivity contribution in [3.63, 3.8) is 0 Å². The first-order valence-corrected chi connectivity index (χ1v) is 13.2. The van der Waals surface area contributed by atoms with Crippen molar-refractivity contribution in [1.82, 2.24) is 20.9 Å². The quantitative estimate of drug-likeness (QED) is 0.497. The Morgan fingerprint density at radius 3 is 2.56 bits per heavy atom. The molecule has 8 heteroatoms. The van der Waals surface area contributed by atoms with E-state index in [-0.39, 0.29) is 23.9 Å². The largest absolute Gasteiger partial charge is 0.482 e. The Balaban J connectivity index is 1.27. The highest BCUT2D eigenvalue weighted by Crippen LogP contribution is 2.40. The van der Waals surface area contributed by atoms with Crippen LogP contribution in [0.1, 0.15) is 79.1 Å². The standard InChI is InChI=1S/C28H36N4O4/c1-18(31-28(34)25-5-3-15-35-25)26(21-10-8-20(9-11-21)19-6-7-19)36-23-12-13-24(30-17-23)27(33)32-22-4-2-14-29-16-22/h8-13,17-19,22,25-26,29H,2-7,14-16H2,1H3,(H,31,34)(H,32,33)/t18?,22-,25+,26?/m0/s1. The minimum atomic E-state index is -0.418. The third-order valence-corrected chi connectivity index (χ3v) is 7.22. The number of hydrogen-bond donors (Lipinski definition) is 3. The molecule has 192 valence electrons. The van der Waals surface area contributed by atoms with Crippen molar-refractivity contribution in [2.75, 3.05) is 19.7 Å². The summed E-state index contributed by atoms with van der Waals surface area (Å²) in [7, 11) is 0. The molecule has 2 unspecified atom stereocenters. The Hall–Kier alpha value is -2.97. The van der Waals surface area contributed by atoms with E-state index in [0.29, 0.717) is 24.0 Å². The molecule has 1 aromatic carbocycles. The molecule has 3 fully saturated rings. The molecule has 0 bridgehead atoms. The van der Waals surface area contributed by atoms with Gasteiger partial charge in [0.05, 0.1) is 12.2 Å². The van der Waals surface area contributed by atoms with E-state index in [9.17, 15) is 9.59 Å². The van der Waals surface area contributed by atoms with E-state index in [1.54, 1.807) is 18.3 Å². The molecule has 1 saturated carbocycles. The molecule has 1 aromatic heterocycles. The van der Waals surface area contributed by atoms with Gasteiger partial charge in [0.25, 0.3) is 5.91 Å². The van der Waals surface area contributed by atoms with E-state index in [1.807, 2.05) is 6.92 Å². The SMILES string of the molecule is CC(NC(=O)[C@H]1CCCO1)C(Oc1ccc(C(=O)N[C@H]2CCCNC2)nc1)c1ccc(C2CC2)cc1. The van der Waals surface area contributed by atoms with Gasteiger partial charge in [0.1, 0.15) is 23.7 Å². The summed E-state index contributed by atoms with van der Waals surface area (Å²) in [6, 6.07) is 11.8. The maximum Gasteiger partial charge on any atom is 0.270 e. The van der Waals surface area contributed by atoms with Crippen LogP contribution < -0.4 is 20.7 Å².